The molecule has 1 aliphatic heterocycles. The molecule has 1 aromatic rings. The maximum atomic E-state index is 13.5. The number of hydrogen-bond donors (Lipinski definition) is 1. The van der Waals surface area contributed by atoms with Crippen molar-refractivity contribution in [2.24, 2.45) is 0 Å². The second-order valence-corrected chi connectivity index (χ2v) is 4.85. The molecular weight excluding hydrogens is 249 g/mol. The molecule has 0 amide bonds. The van der Waals surface area contributed by atoms with Crippen LogP contribution in [0.25, 0.3) is 0 Å². The first kappa shape index (κ1) is 13.7. The third-order valence-electron chi connectivity index (χ3n) is 3.43. The first-order valence-electron chi connectivity index (χ1n) is 6.46. The van der Waals surface area contributed by atoms with E-state index in [1.165, 1.54) is 0 Å². The van der Waals surface area contributed by atoms with Gasteiger partial charge in [0.25, 0.3) is 5.69 Å². The van der Waals surface area contributed by atoms with E-state index < -0.39 is 10.7 Å². The molecule has 1 fully saturated rings. The third-order valence-corrected chi connectivity index (χ3v) is 3.43. The standard InChI is InChI=1S/C13H18FN3O2/c1-3-4-16(10-7-15-8-10)12-5-9(2)11(14)6-13(12)17(18)19/h5-6,10,15H,3-4,7-8H2,1-2H3. The minimum atomic E-state index is -0.529. The first-order valence-corrected chi connectivity index (χ1v) is 6.46. The lowest BCUT2D eigenvalue weighted by Gasteiger charge is -2.39. The minimum absolute atomic E-state index is 0.150. The van der Waals surface area contributed by atoms with Gasteiger partial charge in [0, 0.05) is 19.6 Å². The Morgan fingerprint density at radius 3 is 2.68 bits per heavy atom. The van der Waals surface area contributed by atoms with Crippen molar-refractivity contribution in [3.8, 4) is 0 Å². The van der Waals surface area contributed by atoms with Gasteiger partial charge in [-0.25, -0.2) is 4.39 Å². The van der Waals surface area contributed by atoms with Crippen LogP contribution in [0.15, 0.2) is 12.1 Å². The van der Waals surface area contributed by atoms with Gasteiger partial charge in [0.15, 0.2) is 0 Å². The van der Waals surface area contributed by atoms with Crippen LogP contribution < -0.4 is 10.2 Å². The number of rotatable bonds is 5. The van der Waals surface area contributed by atoms with Crippen molar-refractivity contribution in [2.45, 2.75) is 26.3 Å². The molecule has 5 nitrogen and oxygen atoms in total. The fraction of sp³-hybridized carbons (Fsp3) is 0.538. The first-order chi connectivity index (χ1) is 9.04. The van der Waals surface area contributed by atoms with E-state index >= 15 is 0 Å². The summed E-state index contributed by atoms with van der Waals surface area (Å²) in [7, 11) is 0. The van der Waals surface area contributed by atoms with Gasteiger partial charge in [0.05, 0.1) is 17.0 Å². The summed E-state index contributed by atoms with van der Waals surface area (Å²) in [4.78, 5) is 12.6. The highest BCUT2D eigenvalue weighted by atomic mass is 19.1. The summed E-state index contributed by atoms with van der Waals surface area (Å²) in [5.41, 5.74) is 0.815. The van der Waals surface area contributed by atoms with Crippen molar-refractivity contribution in [3.63, 3.8) is 0 Å². The minimum Gasteiger partial charge on any atom is -0.360 e. The molecule has 1 aromatic carbocycles. The van der Waals surface area contributed by atoms with Crippen LogP contribution >= 0.6 is 0 Å². The highest BCUT2D eigenvalue weighted by molar-refractivity contribution is 5.65. The Morgan fingerprint density at radius 1 is 1.53 bits per heavy atom. The average molecular weight is 267 g/mol. The van der Waals surface area contributed by atoms with Crippen LogP contribution in [-0.4, -0.2) is 30.6 Å². The van der Waals surface area contributed by atoms with E-state index in [-0.39, 0.29) is 11.7 Å². The molecule has 1 saturated heterocycles. The summed E-state index contributed by atoms with van der Waals surface area (Å²) in [6, 6.07) is 2.87. The van der Waals surface area contributed by atoms with Crippen LogP contribution in [0.5, 0.6) is 0 Å². The van der Waals surface area contributed by atoms with E-state index in [1.54, 1.807) is 13.0 Å². The van der Waals surface area contributed by atoms with Crippen molar-refractivity contribution in [1.82, 2.24) is 5.32 Å². The van der Waals surface area contributed by atoms with Gasteiger partial charge >= 0.3 is 0 Å². The Bertz CT molecular complexity index is 489. The van der Waals surface area contributed by atoms with E-state index in [1.807, 2.05) is 11.8 Å². The number of nitrogens with one attached hydrogen (secondary N) is 1. The lowest BCUT2D eigenvalue weighted by Crippen LogP contribution is -2.57. The summed E-state index contributed by atoms with van der Waals surface area (Å²) < 4.78 is 13.5. The molecule has 6 heteroatoms. The van der Waals surface area contributed by atoms with E-state index in [0.29, 0.717) is 11.3 Å². The highest BCUT2D eigenvalue weighted by Crippen LogP contribution is 2.33. The SMILES string of the molecule is CCCN(c1cc(C)c(F)cc1[N+](=O)[O-])C1CNC1. The number of hydrogen-bond acceptors (Lipinski definition) is 4. The van der Waals surface area contributed by atoms with Gasteiger partial charge in [-0.1, -0.05) is 6.92 Å². The van der Waals surface area contributed by atoms with E-state index in [9.17, 15) is 14.5 Å². The average Bonchev–Trinajstić information content (AvgIpc) is 2.29. The van der Waals surface area contributed by atoms with Gasteiger partial charge in [0.2, 0.25) is 0 Å². The van der Waals surface area contributed by atoms with Crippen molar-refractivity contribution in [3.05, 3.63) is 33.6 Å². The molecule has 0 aromatic heterocycles. The molecule has 19 heavy (non-hydrogen) atoms. The van der Waals surface area contributed by atoms with Crippen LogP contribution in [0, 0.1) is 22.9 Å². The van der Waals surface area contributed by atoms with Gasteiger partial charge in [-0.3, -0.25) is 10.1 Å². The summed E-state index contributed by atoms with van der Waals surface area (Å²) in [6.07, 6.45) is 0.893. The van der Waals surface area contributed by atoms with Crippen molar-refractivity contribution >= 4 is 11.4 Å². The predicted octanol–water partition coefficient (Wildman–Crippen LogP) is 2.23. The van der Waals surface area contributed by atoms with Crippen LogP contribution in [0.2, 0.25) is 0 Å². The van der Waals surface area contributed by atoms with Crippen LogP contribution in [0.4, 0.5) is 15.8 Å². The molecule has 1 heterocycles. The molecule has 1 N–H and O–H groups in total. The number of nitro groups is 1. The normalized spacial score (nSPS) is 15.1. The van der Waals surface area contributed by atoms with Gasteiger partial charge in [0.1, 0.15) is 11.5 Å². The van der Waals surface area contributed by atoms with Crippen LogP contribution in [-0.2, 0) is 0 Å². The Hall–Kier alpha value is -1.69. The maximum absolute atomic E-state index is 13.5. The molecular formula is C13H18FN3O2. The second kappa shape index (κ2) is 5.52. The molecule has 1 aliphatic rings. The lowest BCUT2D eigenvalue weighted by molar-refractivity contribution is -0.384. The quantitative estimate of drug-likeness (QED) is 0.656. The number of halogens is 1. The van der Waals surface area contributed by atoms with Crippen molar-refractivity contribution in [2.75, 3.05) is 24.5 Å². The number of anilines is 1. The zero-order chi connectivity index (χ0) is 14.0. The fourth-order valence-corrected chi connectivity index (χ4v) is 2.27. The smallest absolute Gasteiger partial charge is 0.295 e. The summed E-state index contributed by atoms with van der Waals surface area (Å²) in [5.74, 6) is -0.529. The van der Waals surface area contributed by atoms with Gasteiger partial charge in [-0.05, 0) is 25.0 Å². The van der Waals surface area contributed by atoms with Crippen molar-refractivity contribution < 1.29 is 9.31 Å². The second-order valence-electron chi connectivity index (χ2n) is 4.85. The Labute approximate surface area is 111 Å². The molecule has 0 unspecified atom stereocenters. The molecule has 0 atom stereocenters. The van der Waals surface area contributed by atoms with Gasteiger partial charge < -0.3 is 10.2 Å². The summed E-state index contributed by atoms with van der Waals surface area (Å²) in [5, 5.41) is 14.3. The Morgan fingerprint density at radius 2 is 2.21 bits per heavy atom. The van der Waals surface area contributed by atoms with E-state index in [0.717, 1.165) is 32.1 Å². The van der Waals surface area contributed by atoms with Crippen molar-refractivity contribution in [1.29, 1.82) is 0 Å². The van der Waals surface area contributed by atoms with Crippen LogP contribution in [0.3, 0.4) is 0 Å². The fourth-order valence-electron chi connectivity index (χ4n) is 2.27. The molecule has 0 spiro atoms. The van der Waals surface area contributed by atoms with Gasteiger partial charge in [-0.2, -0.15) is 0 Å². The molecule has 104 valence electrons. The lowest BCUT2D eigenvalue weighted by atomic mass is 10.1. The van der Waals surface area contributed by atoms with Gasteiger partial charge in [-0.15, -0.1) is 0 Å². The topological polar surface area (TPSA) is 58.4 Å². The number of benzene rings is 1. The largest absolute Gasteiger partial charge is 0.360 e. The zero-order valence-corrected chi connectivity index (χ0v) is 11.1. The van der Waals surface area contributed by atoms with E-state index in [4.69, 9.17) is 0 Å². The Balaban J connectivity index is 2.44. The molecule has 0 aliphatic carbocycles. The maximum Gasteiger partial charge on any atom is 0.295 e. The molecule has 0 radical (unpaired) electrons. The molecule has 2 rings (SSSR count). The number of nitrogens with zero attached hydrogens (tertiary/aromatic N) is 2. The number of nitro benzene ring substituents is 1. The predicted molar refractivity (Wildman–Crippen MR) is 72.1 cm³/mol. The molecule has 0 bridgehead atoms. The number of aryl methyl sites for hydroxylation is 1. The monoisotopic (exact) mass is 267 g/mol. The zero-order valence-electron chi connectivity index (χ0n) is 11.1. The van der Waals surface area contributed by atoms with E-state index in [2.05, 4.69) is 5.32 Å². The highest BCUT2D eigenvalue weighted by Gasteiger charge is 2.29. The van der Waals surface area contributed by atoms with Crippen LogP contribution in [0.1, 0.15) is 18.9 Å². The third kappa shape index (κ3) is 2.68. The summed E-state index contributed by atoms with van der Waals surface area (Å²) in [6.45, 7) is 6.02. The molecule has 0 saturated carbocycles. The Kier molecular flexibility index (Phi) is 3.99. The summed E-state index contributed by atoms with van der Waals surface area (Å²) >= 11 is 0.